The maximum absolute atomic E-state index is 13.6. The van der Waals surface area contributed by atoms with Gasteiger partial charge in [-0.3, -0.25) is 28.5 Å². The Labute approximate surface area is 548 Å². The van der Waals surface area contributed by atoms with E-state index in [-0.39, 0.29) is 68.7 Å². The highest BCUT2D eigenvalue weighted by molar-refractivity contribution is 9.10. The van der Waals surface area contributed by atoms with Gasteiger partial charge in [0.15, 0.2) is 11.6 Å². The summed E-state index contributed by atoms with van der Waals surface area (Å²) >= 11 is 16.5. The first-order valence-corrected chi connectivity index (χ1v) is 33.2. The zero-order chi connectivity index (χ0) is 65.2. The molecule has 6 aromatic rings. The van der Waals surface area contributed by atoms with Crippen molar-refractivity contribution >= 4 is 111 Å². The van der Waals surface area contributed by atoms with Gasteiger partial charge in [0.2, 0.25) is 0 Å². The fourth-order valence-electron chi connectivity index (χ4n) is 14.6. The van der Waals surface area contributed by atoms with Crippen molar-refractivity contribution in [2.45, 2.75) is 207 Å². The van der Waals surface area contributed by atoms with Gasteiger partial charge in [-0.25, -0.2) is 0 Å². The predicted octanol–water partition coefficient (Wildman–Crippen LogP) is 14.8. The number of ketones is 2. The summed E-state index contributed by atoms with van der Waals surface area (Å²) in [5.74, 6) is -0.990. The average molecular weight is 1330 g/mol. The van der Waals surface area contributed by atoms with Crippen LogP contribution >= 0.6 is 39.1 Å². The minimum Gasteiger partial charge on any atom is -0.481 e. The molecule has 16 nitrogen and oxygen atoms in total. The van der Waals surface area contributed by atoms with Gasteiger partial charge in [-0.1, -0.05) is 75.5 Å². The lowest BCUT2D eigenvalue weighted by Gasteiger charge is -2.56. The summed E-state index contributed by atoms with van der Waals surface area (Å²) in [6.45, 7) is 28.5. The number of hydrogen-bond donors (Lipinski definition) is 2. The topological polar surface area (TPSA) is 200 Å². The number of halogens is 3. The number of benzene rings is 4. The third kappa shape index (κ3) is 12.5. The predicted molar refractivity (Wildman–Crippen MR) is 355 cm³/mol. The van der Waals surface area contributed by atoms with Crippen molar-refractivity contribution in [3.63, 3.8) is 0 Å². The zero-order valence-electron chi connectivity index (χ0n) is 54.2. The SMILES string of the molecule is CC(c1ccc(B2OC(C)(C)C(C)(C)O2)cc1)n1ncc2c(Cl)ccc(C(=O)CC3CC4(C3)CC(C(=O)O)C4)c21.CC(c1ccc(Br)cc1)n1ncc2c(Cl)ccc(C(=O)CC3CC4(C3)CC(C(=O)O)C4)c21.CC1(C)OB(B2OC(C)(C)C(C)(C)O2)OC1(C)C. The van der Waals surface area contributed by atoms with Crippen molar-refractivity contribution in [1.29, 1.82) is 0 Å². The van der Waals surface area contributed by atoms with Crippen LogP contribution in [0.2, 0.25) is 10.0 Å². The molecule has 7 fully saturated rings. The molecule has 478 valence electrons. The average Bonchev–Trinajstić information content (AvgIpc) is 1.14. The Morgan fingerprint density at radius 2 is 0.833 bits per heavy atom. The van der Waals surface area contributed by atoms with Gasteiger partial charge < -0.3 is 38.1 Å². The summed E-state index contributed by atoms with van der Waals surface area (Å²) in [5, 5.41) is 30.3. The quantitative estimate of drug-likeness (QED) is 0.0771. The molecule has 4 aliphatic carbocycles. The van der Waals surface area contributed by atoms with Crippen LogP contribution in [0.4, 0.5) is 0 Å². The molecule has 0 amide bonds. The molecule has 5 heterocycles. The second-order valence-electron chi connectivity index (χ2n) is 30.0. The van der Waals surface area contributed by atoms with Crippen molar-refractivity contribution in [3.05, 3.63) is 122 Å². The van der Waals surface area contributed by atoms with E-state index in [0.717, 1.165) is 94.2 Å². The van der Waals surface area contributed by atoms with Crippen molar-refractivity contribution in [2.75, 3.05) is 0 Å². The van der Waals surface area contributed by atoms with E-state index in [0.29, 0.717) is 45.8 Å². The molecule has 13 rings (SSSR count). The van der Waals surface area contributed by atoms with Gasteiger partial charge in [0.25, 0.3) is 0 Å². The second kappa shape index (κ2) is 23.8. The van der Waals surface area contributed by atoms with Crippen LogP contribution in [0.1, 0.15) is 205 Å². The van der Waals surface area contributed by atoms with Gasteiger partial charge in [-0.05, 0) is 224 Å². The molecule has 22 heteroatoms. The van der Waals surface area contributed by atoms with Gasteiger partial charge in [0, 0.05) is 39.2 Å². The van der Waals surface area contributed by atoms with Crippen molar-refractivity contribution in [2.24, 2.45) is 34.5 Å². The highest BCUT2D eigenvalue weighted by atomic mass is 79.9. The van der Waals surface area contributed by atoms with Crippen molar-refractivity contribution < 1.29 is 57.3 Å². The van der Waals surface area contributed by atoms with E-state index in [2.05, 4.69) is 52.1 Å². The van der Waals surface area contributed by atoms with Gasteiger partial charge in [0.05, 0.1) is 91.0 Å². The summed E-state index contributed by atoms with van der Waals surface area (Å²) in [4.78, 5) is 49.2. The number of carbonyl (C=O) groups is 4. The number of hydrogen-bond acceptors (Lipinski definition) is 12. The Morgan fingerprint density at radius 3 is 1.17 bits per heavy atom. The Kier molecular flexibility index (Phi) is 17.6. The van der Waals surface area contributed by atoms with Crippen LogP contribution in [0.15, 0.2) is 89.7 Å². The normalized spacial score (nSPS) is 27.6. The Balaban J connectivity index is 0.000000149. The van der Waals surface area contributed by atoms with Crippen LogP contribution in [0.5, 0.6) is 0 Å². The van der Waals surface area contributed by atoms with Gasteiger partial charge >= 0.3 is 33.1 Å². The van der Waals surface area contributed by atoms with E-state index in [4.69, 9.17) is 56.2 Å². The minimum atomic E-state index is -0.696. The Morgan fingerprint density at radius 1 is 0.511 bits per heavy atom. The zero-order valence-corrected chi connectivity index (χ0v) is 57.3. The summed E-state index contributed by atoms with van der Waals surface area (Å²) < 4.78 is 41.1. The molecular weight excluding hydrogens is 1250 g/mol. The van der Waals surface area contributed by atoms with Crippen LogP contribution in [-0.2, 0) is 37.5 Å². The maximum Gasteiger partial charge on any atom is 0.494 e. The molecule has 2 atom stereocenters. The molecule has 2 unspecified atom stereocenters. The van der Waals surface area contributed by atoms with Crippen molar-refractivity contribution in [1.82, 2.24) is 19.6 Å². The molecule has 0 radical (unpaired) electrons. The number of carboxylic acid groups (broad SMARTS) is 2. The first kappa shape index (κ1) is 66.6. The lowest BCUT2D eigenvalue weighted by molar-refractivity contribution is -0.158. The van der Waals surface area contributed by atoms with E-state index in [9.17, 15) is 24.3 Å². The van der Waals surface area contributed by atoms with E-state index >= 15 is 0 Å². The van der Waals surface area contributed by atoms with E-state index in [1.165, 1.54) is 0 Å². The number of nitrogens with zero attached hydrogens (tertiary/aromatic N) is 4. The fraction of sp³-hybridized carbons (Fsp3) is 0.559. The number of rotatable bonds is 14. The largest absolute Gasteiger partial charge is 0.494 e. The van der Waals surface area contributed by atoms with Crippen LogP contribution < -0.4 is 5.46 Å². The molecule has 3 saturated heterocycles. The molecular formula is C68H84B3BrCl2N4O12. The standard InChI is InChI=1S/C31H36BClN2O5.C25H24BrClN2O3.C12H24B2O4/c1-18(20-6-8-22(9-7-20)32-39-29(2,3)30(4,5)40-32)35-27-23(10-11-25(33)24(27)17-34-35)26(36)12-19-13-31(14-19)15-21(16-31)28(37)38;1-14(16-2-4-18(26)5-3-16)29-23-19(6-7-21(27)20(23)13-28-29)22(30)8-15-9-25(10-15)11-17(12-25)24(31)32;1-9(2)10(3,4)16-13(15-9)14-17-11(5,6)12(7,8)18-14/h6-11,17-19,21H,12-16H2,1-5H3,(H,37,38);2-7,13-15,17H,8-12H2,1H3,(H,31,32);1-8H3. The van der Waals surface area contributed by atoms with Gasteiger partial charge in [-0.15, -0.1) is 0 Å². The van der Waals surface area contributed by atoms with E-state index in [1.807, 2.05) is 141 Å². The fourth-order valence-corrected chi connectivity index (χ4v) is 15.2. The number of carbonyl (C=O) groups excluding carboxylic acids is 2. The number of carboxylic acids is 2. The van der Waals surface area contributed by atoms with Crippen LogP contribution in [0, 0.1) is 34.5 Å². The smallest absolute Gasteiger partial charge is 0.481 e. The molecule has 3 aliphatic heterocycles. The molecule has 4 saturated carbocycles. The maximum atomic E-state index is 13.6. The molecule has 4 aromatic carbocycles. The summed E-state index contributed by atoms with van der Waals surface area (Å²) in [7, 11) is -1.38. The van der Waals surface area contributed by atoms with Crippen LogP contribution in [0.3, 0.4) is 0 Å². The Bertz CT molecular complexity index is 3670. The molecule has 2 spiro atoms. The van der Waals surface area contributed by atoms with E-state index in [1.54, 1.807) is 24.5 Å². The summed E-state index contributed by atoms with van der Waals surface area (Å²) in [6, 6.07) is 23.3. The first-order chi connectivity index (χ1) is 41.9. The summed E-state index contributed by atoms with van der Waals surface area (Å²) in [6.07, 6.45) is 11.2. The summed E-state index contributed by atoms with van der Waals surface area (Å²) in [5.41, 5.74) is 3.98. The number of Topliss-reactive ketones (excluding diaryl/α,β-unsaturated/α-hetero) is 2. The Hall–Kier alpha value is -4.89. The third-order valence-electron chi connectivity index (χ3n) is 22.1. The van der Waals surface area contributed by atoms with Gasteiger partial charge in [-0.2, -0.15) is 10.2 Å². The first-order valence-electron chi connectivity index (χ1n) is 31.7. The molecule has 90 heavy (non-hydrogen) atoms. The van der Waals surface area contributed by atoms with Crippen molar-refractivity contribution in [3.8, 4) is 0 Å². The highest BCUT2D eigenvalue weighted by Crippen LogP contribution is 2.63. The molecule has 7 aliphatic rings. The number of aromatic nitrogens is 4. The molecule has 2 N–H and O–H groups in total. The minimum absolute atomic E-state index is 0.0551. The van der Waals surface area contributed by atoms with Crippen LogP contribution in [0.25, 0.3) is 21.8 Å². The number of fused-ring (bicyclic) bond motifs is 2. The van der Waals surface area contributed by atoms with Crippen LogP contribution in [-0.4, -0.2) is 108 Å². The third-order valence-corrected chi connectivity index (χ3v) is 23.2. The monoisotopic (exact) mass is 1330 g/mol. The number of aliphatic carboxylic acids is 2. The van der Waals surface area contributed by atoms with Gasteiger partial charge in [0.1, 0.15) is 0 Å². The lowest BCUT2D eigenvalue weighted by Crippen LogP contribution is -2.50. The highest BCUT2D eigenvalue weighted by Gasteiger charge is 2.64. The molecule has 0 bridgehead atoms. The molecule has 2 aromatic heterocycles. The van der Waals surface area contributed by atoms with E-state index < -0.39 is 44.3 Å². The lowest BCUT2D eigenvalue weighted by atomic mass is 9.47. The second-order valence-corrected chi connectivity index (χ2v) is 31.7.